The molecule has 10 heteroatoms. The molecule has 182 valence electrons. The molecule has 36 heavy (non-hydrogen) atoms. The van der Waals surface area contributed by atoms with Crippen molar-refractivity contribution in [1.82, 2.24) is 9.38 Å². The average molecular weight is 568 g/mol. The molecule has 0 atom stereocenters. The van der Waals surface area contributed by atoms with Crippen LogP contribution in [0.15, 0.2) is 69.9 Å². The molecule has 1 N–H and O–H groups in total. The predicted molar refractivity (Wildman–Crippen MR) is 141 cm³/mol. The van der Waals surface area contributed by atoms with Crippen molar-refractivity contribution in [2.45, 2.75) is 6.92 Å². The molecular weight excluding hydrogens is 549 g/mol. The van der Waals surface area contributed by atoms with Crippen LogP contribution in [0, 0.1) is 5.82 Å². The highest BCUT2D eigenvalue weighted by molar-refractivity contribution is 9.10. The van der Waals surface area contributed by atoms with Crippen LogP contribution in [-0.2, 0) is 4.79 Å². The third-order valence-corrected chi connectivity index (χ3v) is 6.81. The van der Waals surface area contributed by atoms with Gasteiger partial charge < -0.3 is 14.8 Å². The molecule has 0 unspecified atom stereocenters. The number of hydrogen-bond donors (Lipinski definition) is 1. The zero-order valence-electron chi connectivity index (χ0n) is 19.0. The first-order valence-electron chi connectivity index (χ1n) is 11.0. The van der Waals surface area contributed by atoms with Gasteiger partial charge in [0.25, 0.3) is 11.5 Å². The van der Waals surface area contributed by atoms with E-state index in [4.69, 9.17) is 9.47 Å². The molecule has 1 amide bonds. The number of amides is 1. The molecular formula is C26H19BrFN3O4S. The summed E-state index contributed by atoms with van der Waals surface area (Å²) in [6, 6.07) is 16.5. The lowest BCUT2D eigenvalue weighted by Crippen LogP contribution is -2.22. The molecule has 0 aliphatic rings. The van der Waals surface area contributed by atoms with Gasteiger partial charge in [0.05, 0.1) is 26.6 Å². The maximum atomic E-state index is 13.1. The second kappa shape index (κ2) is 10.1. The van der Waals surface area contributed by atoms with Gasteiger partial charge in [-0.05, 0) is 83.0 Å². The number of aromatic nitrogens is 2. The molecule has 0 fully saturated rings. The highest BCUT2D eigenvalue weighted by atomic mass is 79.9. The second-order valence-electron chi connectivity index (χ2n) is 7.74. The fourth-order valence-corrected chi connectivity index (χ4v) is 5.27. The van der Waals surface area contributed by atoms with Gasteiger partial charge in [-0.15, -0.1) is 0 Å². The fraction of sp³-hybridized carbons (Fsp3) is 0.115. The largest absolute Gasteiger partial charge is 0.490 e. The third kappa shape index (κ3) is 4.82. The Kier molecular flexibility index (Phi) is 6.71. The summed E-state index contributed by atoms with van der Waals surface area (Å²) in [6.45, 7) is 1.93. The van der Waals surface area contributed by atoms with E-state index in [1.165, 1.54) is 35.6 Å². The number of nitrogens with zero attached hydrogens (tertiary/aromatic N) is 2. The molecule has 2 aromatic heterocycles. The van der Waals surface area contributed by atoms with E-state index in [0.717, 1.165) is 16.6 Å². The Hall–Kier alpha value is -3.76. The van der Waals surface area contributed by atoms with E-state index in [0.29, 0.717) is 37.8 Å². The zero-order valence-corrected chi connectivity index (χ0v) is 21.4. The number of hydrogen-bond acceptors (Lipinski definition) is 6. The summed E-state index contributed by atoms with van der Waals surface area (Å²) in [5, 5.41) is 2.65. The lowest BCUT2D eigenvalue weighted by Gasteiger charge is -2.14. The zero-order chi connectivity index (χ0) is 25.2. The van der Waals surface area contributed by atoms with Crippen LogP contribution in [-0.4, -0.2) is 28.5 Å². The van der Waals surface area contributed by atoms with Gasteiger partial charge >= 0.3 is 0 Å². The maximum Gasteiger partial charge on any atom is 0.274 e. The number of carbonyl (C=O) groups excluding carboxylic acids is 1. The number of thiazole rings is 1. The summed E-state index contributed by atoms with van der Waals surface area (Å²) in [7, 11) is 0. The number of para-hydroxylation sites is 2. The first kappa shape index (κ1) is 24.0. The SMILES string of the molecule is CCOc1cc(/C=c2\sc3nc4ccccc4n3c2=O)cc(Br)c1OCC(=O)Nc1ccc(F)cc1. The Labute approximate surface area is 216 Å². The number of carbonyl (C=O) groups is 1. The fourth-order valence-electron chi connectivity index (χ4n) is 3.71. The number of ether oxygens (including phenoxy) is 2. The lowest BCUT2D eigenvalue weighted by atomic mass is 10.2. The van der Waals surface area contributed by atoms with E-state index in [9.17, 15) is 14.0 Å². The predicted octanol–water partition coefficient (Wildman–Crippen LogP) is 4.77. The van der Waals surface area contributed by atoms with Gasteiger partial charge in [0.2, 0.25) is 0 Å². The quantitative estimate of drug-likeness (QED) is 0.306. The highest BCUT2D eigenvalue weighted by Crippen LogP contribution is 2.37. The maximum absolute atomic E-state index is 13.1. The van der Waals surface area contributed by atoms with Crippen LogP contribution in [0.4, 0.5) is 10.1 Å². The molecule has 5 aromatic rings. The number of halogens is 2. The summed E-state index contributed by atoms with van der Waals surface area (Å²) in [6.07, 6.45) is 1.77. The van der Waals surface area contributed by atoms with Gasteiger partial charge in [-0.3, -0.25) is 9.59 Å². The van der Waals surface area contributed by atoms with Crippen molar-refractivity contribution in [2.75, 3.05) is 18.5 Å². The minimum Gasteiger partial charge on any atom is -0.490 e. The number of benzene rings is 3. The van der Waals surface area contributed by atoms with Gasteiger partial charge in [-0.1, -0.05) is 23.5 Å². The standard InChI is InChI=1S/C26H19BrFN3O4S/c1-2-34-21-12-15(13-22-25(33)31-20-6-4-3-5-19(20)30-26(31)36-22)11-18(27)24(21)35-14-23(32)29-17-9-7-16(28)8-10-17/h3-13H,2,14H2,1H3,(H,29,32)/b22-13-. The van der Waals surface area contributed by atoms with Crippen molar-refractivity contribution < 1.29 is 18.7 Å². The Bertz CT molecular complexity index is 1700. The molecule has 2 heterocycles. The molecule has 5 rings (SSSR count). The van der Waals surface area contributed by atoms with E-state index in [1.807, 2.05) is 31.2 Å². The Balaban J connectivity index is 1.42. The summed E-state index contributed by atoms with van der Waals surface area (Å²) < 4.78 is 27.3. The minimum absolute atomic E-state index is 0.143. The van der Waals surface area contributed by atoms with Gasteiger partial charge in [-0.25, -0.2) is 13.8 Å². The normalized spacial score (nSPS) is 11.8. The molecule has 0 radical (unpaired) electrons. The van der Waals surface area contributed by atoms with Crippen molar-refractivity contribution in [1.29, 1.82) is 0 Å². The van der Waals surface area contributed by atoms with Crippen LogP contribution in [0.5, 0.6) is 11.5 Å². The second-order valence-corrected chi connectivity index (χ2v) is 9.60. The van der Waals surface area contributed by atoms with Gasteiger partial charge in [0, 0.05) is 5.69 Å². The third-order valence-electron chi connectivity index (χ3n) is 5.25. The van der Waals surface area contributed by atoms with Gasteiger partial charge in [-0.2, -0.15) is 0 Å². The van der Waals surface area contributed by atoms with Crippen molar-refractivity contribution >= 4 is 60.9 Å². The number of anilines is 1. The Morgan fingerprint density at radius 1 is 1.17 bits per heavy atom. The van der Waals surface area contributed by atoms with Crippen LogP contribution in [0.3, 0.4) is 0 Å². The molecule has 0 aliphatic heterocycles. The average Bonchev–Trinajstić information content (AvgIpc) is 3.36. The van der Waals surface area contributed by atoms with Crippen LogP contribution in [0.1, 0.15) is 12.5 Å². The minimum atomic E-state index is -0.406. The number of nitrogens with one attached hydrogen (secondary N) is 1. The van der Waals surface area contributed by atoms with Crippen molar-refractivity contribution in [3.05, 3.63) is 91.4 Å². The molecule has 0 spiro atoms. The number of rotatable bonds is 7. The lowest BCUT2D eigenvalue weighted by molar-refractivity contribution is -0.118. The van der Waals surface area contributed by atoms with Gasteiger partial charge in [0.15, 0.2) is 23.1 Å². The first-order valence-corrected chi connectivity index (χ1v) is 12.6. The van der Waals surface area contributed by atoms with Crippen LogP contribution >= 0.6 is 27.3 Å². The summed E-state index contributed by atoms with van der Waals surface area (Å²) >= 11 is 4.80. The van der Waals surface area contributed by atoms with Crippen molar-refractivity contribution in [2.24, 2.45) is 0 Å². The van der Waals surface area contributed by atoms with E-state index < -0.39 is 5.91 Å². The Morgan fingerprint density at radius 3 is 2.72 bits per heavy atom. The molecule has 0 aliphatic carbocycles. The number of imidazole rings is 1. The summed E-state index contributed by atoms with van der Waals surface area (Å²) in [4.78, 5) is 30.6. The molecule has 0 saturated carbocycles. The molecule has 7 nitrogen and oxygen atoms in total. The van der Waals surface area contributed by atoms with E-state index in [1.54, 1.807) is 22.6 Å². The Morgan fingerprint density at radius 2 is 1.94 bits per heavy atom. The molecule has 0 bridgehead atoms. The molecule has 0 saturated heterocycles. The van der Waals surface area contributed by atoms with Gasteiger partial charge in [0.1, 0.15) is 5.82 Å². The first-order chi connectivity index (χ1) is 17.4. The summed E-state index contributed by atoms with van der Waals surface area (Å²) in [5.74, 6) is -0.0123. The summed E-state index contributed by atoms with van der Waals surface area (Å²) in [5.41, 5.74) is 2.59. The van der Waals surface area contributed by atoms with Crippen LogP contribution in [0.2, 0.25) is 0 Å². The van der Waals surface area contributed by atoms with Crippen LogP contribution in [0.25, 0.3) is 22.1 Å². The molecule has 3 aromatic carbocycles. The smallest absolute Gasteiger partial charge is 0.274 e. The monoisotopic (exact) mass is 567 g/mol. The van der Waals surface area contributed by atoms with Crippen molar-refractivity contribution in [3.63, 3.8) is 0 Å². The van der Waals surface area contributed by atoms with Crippen molar-refractivity contribution in [3.8, 4) is 11.5 Å². The van der Waals surface area contributed by atoms with E-state index >= 15 is 0 Å². The van der Waals surface area contributed by atoms with E-state index in [2.05, 4.69) is 26.2 Å². The van der Waals surface area contributed by atoms with Crippen LogP contribution < -0.4 is 24.9 Å². The topological polar surface area (TPSA) is 81.9 Å². The van der Waals surface area contributed by atoms with E-state index in [-0.39, 0.29) is 18.0 Å². The number of fused-ring (bicyclic) bond motifs is 3. The highest BCUT2D eigenvalue weighted by Gasteiger charge is 2.15.